The minimum Gasteiger partial charge on any atom is -0.478 e. The van der Waals surface area contributed by atoms with Crippen LogP contribution in [0.2, 0.25) is 0 Å². The smallest absolute Gasteiger partial charge is 0.337 e. The van der Waals surface area contributed by atoms with E-state index in [9.17, 15) is 15.0 Å². The number of carbonyl (C=O) groups is 1. The van der Waals surface area contributed by atoms with Crippen molar-refractivity contribution in [3.8, 4) is 0 Å². The van der Waals surface area contributed by atoms with E-state index < -0.39 is 5.97 Å². The molecule has 0 radical (unpaired) electrons. The summed E-state index contributed by atoms with van der Waals surface area (Å²) in [4.78, 5) is 13.2. The summed E-state index contributed by atoms with van der Waals surface area (Å²) < 4.78 is 0. The molecule has 1 unspecified atom stereocenters. The monoisotopic (exact) mass is 235 g/mol. The SMILES string of the molecule is Cc1ccc(C(=O)O)c(N2CCCC2CO)c1. The average molecular weight is 235 g/mol. The first-order chi connectivity index (χ1) is 8.13. The third-order valence-corrected chi connectivity index (χ3v) is 3.28. The lowest BCUT2D eigenvalue weighted by Gasteiger charge is -2.27. The average Bonchev–Trinajstić information content (AvgIpc) is 2.76. The second-order valence-electron chi connectivity index (χ2n) is 4.50. The Morgan fingerprint density at radius 2 is 2.29 bits per heavy atom. The second-order valence-corrected chi connectivity index (χ2v) is 4.50. The van der Waals surface area contributed by atoms with E-state index in [1.165, 1.54) is 0 Å². The van der Waals surface area contributed by atoms with Gasteiger partial charge in [-0.2, -0.15) is 0 Å². The first kappa shape index (κ1) is 11.9. The molecule has 4 heteroatoms. The molecule has 1 aromatic carbocycles. The number of hydrogen-bond acceptors (Lipinski definition) is 3. The highest BCUT2D eigenvalue weighted by atomic mass is 16.4. The molecule has 4 nitrogen and oxygen atoms in total. The van der Waals surface area contributed by atoms with Crippen molar-refractivity contribution in [2.24, 2.45) is 0 Å². The van der Waals surface area contributed by atoms with Gasteiger partial charge in [0.15, 0.2) is 0 Å². The van der Waals surface area contributed by atoms with Crippen LogP contribution in [0.25, 0.3) is 0 Å². The molecule has 0 spiro atoms. The van der Waals surface area contributed by atoms with Gasteiger partial charge in [-0.15, -0.1) is 0 Å². The Labute approximate surface area is 100 Å². The number of carboxylic acids is 1. The van der Waals surface area contributed by atoms with Gasteiger partial charge in [-0.3, -0.25) is 0 Å². The highest BCUT2D eigenvalue weighted by molar-refractivity contribution is 5.94. The van der Waals surface area contributed by atoms with Crippen LogP contribution >= 0.6 is 0 Å². The van der Waals surface area contributed by atoms with Crippen LogP contribution in [0.3, 0.4) is 0 Å². The molecule has 1 heterocycles. The number of aryl methyl sites for hydroxylation is 1. The van der Waals surface area contributed by atoms with Crippen molar-refractivity contribution in [2.45, 2.75) is 25.8 Å². The second kappa shape index (κ2) is 4.75. The summed E-state index contributed by atoms with van der Waals surface area (Å²) in [6.07, 6.45) is 1.92. The molecule has 0 aliphatic carbocycles. The maximum atomic E-state index is 11.2. The van der Waals surface area contributed by atoms with Crippen LogP contribution in [0, 0.1) is 6.92 Å². The number of aliphatic hydroxyl groups is 1. The number of rotatable bonds is 3. The van der Waals surface area contributed by atoms with Crippen LogP contribution < -0.4 is 4.90 Å². The fraction of sp³-hybridized carbons (Fsp3) is 0.462. The number of anilines is 1. The minimum absolute atomic E-state index is 0.0508. The summed E-state index contributed by atoms with van der Waals surface area (Å²) in [6.45, 7) is 2.83. The molecule has 17 heavy (non-hydrogen) atoms. The van der Waals surface area contributed by atoms with Gasteiger partial charge in [0.1, 0.15) is 0 Å². The van der Waals surface area contributed by atoms with Crippen molar-refractivity contribution in [1.82, 2.24) is 0 Å². The van der Waals surface area contributed by atoms with Crippen LogP contribution in [-0.2, 0) is 0 Å². The van der Waals surface area contributed by atoms with E-state index in [2.05, 4.69) is 0 Å². The molecular weight excluding hydrogens is 218 g/mol. The van der Waals surface area contributed by atoms with E-state index in [1.807, 2.05) is 17.9 Å². The fourth-order valence-electron chi connectivity index (χ4n) is 2.40. The molecule has 2 N–H and O–H groups in total. The molecule has 0 saturated carbocycles. The van der Waals surface area contributed by atoms with Crippen molar-refractivity contribution in [3.05, 3.63) is 29.3 Å². The van der Waals surface area contributed by atoms with Gasteiger partial charge in [0.25, 0.3) is 0 Å². The van der Waals surface area contributed by atoms with Gasteiger partial charge >= 0.3 is 5.97 Å². The van der Waals surface area contributed by atoms with Gasteiger partial charge in [0, 0.05) is 6.54 Å². The zero-order valence-corrected chi connectivity index (χ0v) is 9.89. The molecular formula is C13H17NO3. The Morgan fingerprint density at radius 1 is 1.53 bits per heavy atom. The predicted octanol–water partition coefficient (Wildman–Crippen LogP) is 1.65. The third-order valence-electron chi connectivity index (χ3n) is 3.28. The molecule has 0 bridgehead atoms. The zero-order chi connectivity index (χ0) is 12.4. The first-order valence-electron chi connectivity index (χ1n) is 5.85. The van der Waals surface area contributed by atoms with Crippen molar-refractivity contribution in [1.29, 1.82) is 0 Å². The normalized spacial score (nSPS) is 19.6. The summed E-state index contributed by atoms with van der Waals surface area (Å²) in [7, 11) is 0. The zero-order valence-electron chi connectivity index (χ0n) is 9.89. The van der Waals surface area contributed by atoms with Crippen LogP contribution in [0.1, 0.15) is 28.8 Å². The summed E-state index contributed by atoms with van der Waals surface area (Å²) in [5, 5.41) is 18.5. The highest BCUT2D eigenvalue weighted by Gasteiger charge is 2.27. The lowest BCUT2D eigenvalue weighted by molar-refractivity contribution is 0.0697. The van der Waals surface area contributed by atoms with E-state index in [0.717, 1.165) is 30.6 Å². The van der Waals surface area contributed by atoms with Crippen LogP contribution in [0.4, 0.5) is 5.69 Å². The molecule has 92 valence electrons. The van der Waals surface area contributed by atoms with Gasteiger partial charge in [-0.05, 0) is 37.5 Å². The molecule has 1 fully saturated rings. The molecule has 1 aromatic rings. The Morgan fingerprint density at radius 3 is 2.94 bits per heavy atom. The maximum absolute atomic E-state index is 11.2. The summed E-state index contributed by atoms with van der Waals surface area (Å²) in [5.41, 5.74) is 2.08. The minimum atomic E-state index is -0.913. The van der Waals surface area contributed by atoms with Gasteiger partial charge in [0.05, 0.1) is 23.9 Å². The number of aromatic carboxylic acids is 1. The lowest BCUT2D eigenvalue weighted by Crippen LogP contribution is -2.33. The van der Waals surface area contributed by atoms with Crippen LogP contribution in [0.5, 0.6) is 0 Å². The number of carboxylic acid groups (broad SMARTS) is 1. The molecule has 1 aliphatic rings. The van der Waals surface area contributed by atoms with Crippen molar-refractivity contribution in [3.63, 3.8) is 0 Å². The fourth-order valence-corrected chi connectivity index (χ4v) is 2.40. The van der Waals surface area contributed by atoms with Crippen molar-refractivity contribution in [2.75, 3.05) is 18.1 Å². The predicted molar refractivity (Wildman–Crippen MR) is 65.6 cm³/mol. The number of aliphatic hydroxyl groups excluding tert-OH is 1. The van der Waals surface area contributed by atoms with Gasteiger partial charge in [-0.25, -0.2) is 4.79 Å². The Bertz CT molecular complexity index is 431. The molecule has 1 saturated heterocycles. The standard InChI is InChI=1S/C13H17NO3/c1-9-4-5-11(13(16)17)12(7-9)14-6-2-3-10(14)8-15/h4-5,7,10,15H,2-3,6,8H2,1H3,(H,16,17). The Hall–Kier alpha value is -1.55. The molecule has 0 amide bonds. The van der Waals surface area contributed by atoms with Crippen LogP contribution in [0.15, 0.2) is 18.2 Å². The van der Waals surface area contributed by atoms with Crippen molar-refractivity contribution >= 4 is 11.7 Å². The first-order valence-corrected chi connectivity index (χ1v) is 5.85. The van der Waals surface area contributed by atoms with Crippen LogP contribution in [-0.4, -0.2) is 35.4 Å². The summed E-state index contributed by atoms with van der Waals surface area (Å²) in [5.74, 6) is -0.913. The largest absolute Gasteiger partial charge is 0.478 e. The van der Waals surface area contributed by atoms with E-state index >= 15 is 0 Å². The molecule has 1 atom stereocenters. The van der Waals surface area contributed by atoms with E-state index in [-0.39, 0.29) is 12.6 Å². The van der Waals surface area contributed by atoms with Crippen molar-refractivity contribution < 1.29 is 15.0 Å². The van der Waals surface area contributed by atoms with E-state index in [0.29, 0.717) is 5.56 Å². The molecule has 0 aromatic heterocycles. The lowest BCUT2D eigenvalue weighted by atomic mass is 10.1. The summed E-state index contributed by atoms with van der Waals surface area (Å²) >= 11 is 0. The maximum Gasteiger partial charge on any atom is 0.337 e. The van der Waals surface area contributed by atoms with E-state index in [4.69, 9.17) is 0 Å². The quantitative estimate of drug-likeness (QED) is 0.836. The van der Waals surface area contributed by atoms with Gasteiger partial charge in [-0.1, -0.05) is 6.07 Å². The van der Waals surface area contributed by atoms with Gasteiger partial charge in [0.2, 0.25) is 0 Å². The Balaban J connectivity index is 2.42. The molecule has 1 aliphatic heterocycles. The number of nitrogens with zero attached hydrogens (tertiary/aromatic N) is 1. The number of benzene rings is 1. The number of hydrogen-bond donors (Lipinski definition) is 2. The third kappa shape index (κ3) is 2.26. The topological polar surface area (TPSA) is 60.8 Å². The van der Waals surface area contributed by atoms with E-state index in [1.54, 1.807) is 12.1 Å². The van der Waals surface area contributed by atoms with Gasteiger partial charge < -0.3 is 15.1 Å². The summed E-state index contributed by atoms with van der Waals surface area (Å²) in [6, 6.07) is 5.38. The Kier molecular flexibility index (Phi) is 3.33. The highest BCUT2D eigenvalue weighted by Crippen LogP contribution is 2.29. The molecule has 2 rings (SSSR count).